The molecule has 0 saturated heterocycles. The van der Waals surface area contributed by atoms with Crippen LogP contribution in [0.3, 0.4) is 0 Å². The minimum Gasteiger partial charge on any atom is -0.326 e. The van der Waals surface area contributed by atoms with Crippen molar-refractivity contribution in [2.24, 2.45) is 10.1 Å². The molecule has 102 valence electrons. The fourth-order valence-electron chi connectivity index (χ4n) is 2.18. The van der Waals surface area contributed by atoms with Crippen molar-refractivity contribution in [2.75, 3.05) is 11.6 Å². The fourth-order valence-corrected chi connectivity index (χ4v) is 2.93. The van der Waals surface area contributed by atoms with Gasteiger partial charge in [0.05, 0.1) is 11.0 Å². The molecule has 0 bridgehead atoms. The third kappa shape index (κ3) is 2.31. The zero-order chi connectivity index (χ0) is 14.2. The van der Waals surface area contributed by atoms with Crippen molar-refractivity contribution < 1.29 is 8.42 Å². The molecule has 0 spiro atoms. The molecule has 0 aliphatic carbocycles. The van der Waals surface area contributed by atoms with Crippen LogP contribution in [0.25, 0.3) is 6.20 Å². The Hall–Kier alpha value is -2.18. The molecule has 2 N–H and O–H groups in total. The summed E-state index contributed by atoms with van der Waals surface area (Å²) < 4.78 is 23.3. The minimum absolute atomic E-state index is 0.103. The predicted octanol–water partition coefficient (Wildman–Crippen LogP) is 0.169. The number of fused-ring (bicyclic) bond motifs is 1. The summed E-state index contributed by atoms with van der Waals surface area (Å²) in [4.78, 5) is 6.32. The van der Waals surface area contributed by atoms with Crippen LogP contribution in [0, 0.1) is 0 Å². The van der Waals surface area contributed by atoms with Crippen LogP contribution in [0.2, 0.25) is 0 Å². The summed E-state index contributed by atoms with van der Waals surface area (Å²) in [6, 6.07) is 14.3. The van der Waals surface area contributed by atoms with E-state index in [0.29, 0.717) is 12.4 Å². The number of primary sulfonamides is 1. The standard InChI is InChI=1S/C14H13N3O2S/c15-20(18,19)14-8-4-3-7-13(14)17-9-11-5-1-2-6-12(11)16-10-17/h1-9H,10H2,(H2,15,18,19). The summed E-state index contributed by atoms with van der Waals surface area (Å²) >= 11 is 0. The number of rotatable bonds is 2. The Kier molecular flexibility index (Phi) is 3.04. The van der Waals surface area contributed by atoms with Crippen molar-refractivity contribution in [3.05, 3.63) is 59.1 Å². The maximum absolute atomic E-state index is 11.6. The van der Waals surface area contributed by atoms with Gasteiger partial charge in [0.1, 0.15) is 11.6 Å². The fraction of sp³-hybridized carbons (Fsp3) is 0.0714. The van der Waals surface area contributed by atoms with E-state index in [1.807, 2.05) is 30.5 Å². The number of anilines is 1. The summed E-state index contributed by atoms with van der Waals surface area (Å²) in [7, 11) is -3.76. The lowest BCUT2D eigenvalue weighted by Gasteiger charge is -2.22. The van der Waals surface area contributed by atoms with Gasteiger partial charge in [-0.1, -0.05) is 30.3 Å². The molecule has 0 radical (unpaired) electrons. The van der Waals surface area contributed by atoms with Crippen LogP contribution in [0.5, 0.6) is 0 Å². The zero-order valence-corrected chi connectivity index (χ0v) is 11.4. The molecule has 1 heterocycles. The highest BCUT2D eigenvalue weighted by atomic mass is 32.2. The van der Waals surface area contributed by atoms with Gasteiger partial charge in [-0.25, -0.2) is 13.6 Å². The van der Waals surface area contributed by atoms with Crippen molar-refractivity contribution in [1.82, 2.24) is 0 Å². The summed E-state index contributed by atoms with van der Waals surface area (Å²) in [5, 5.41) is 7.11. The molecule has 0 unspecified atom stereocenters. The first-order valence-electron chi connectivity index (χ1n) is 6.05. The van der Waals surface area contributed by atoms with Crippen LogP contribution in [0.15, 0.2) is 58.4 Å². The van der Waals surface area contributed by atoms with Crippen molar-refractivity contribution in [3.63, 3.8) is 0 Å². The largest absolute Gasteiger partial charge is 0.326 e. The number of sulfonamides is 1. The summed E-state index contributed by atoms with van der Waals surface area (Å²) in [6.07, 6.45) is 1.88. The quantitative estimate of drug-likeness (QED) is 0.855. The van der Waals surface area contributed by atoms with E-state index in [9.17, 15) is 8.42 Å². The van der Waals surface area contributed by atoms with Crippen LogP contribution in [0.1, 0.15) is 0 Å². The SMILES string of the molecule is NS(=O)(=O)c1ccccc1N1C=c2ccccc2=NC1. The molecule has 0 atom stereocenters. The van der Waals surface area contributed by atoms with Crippen molar-refractivity contribution in [2.45, 2.75) is 4.90 Å². The van der Waals surface area contributed by atoms with E-state index in [0.717, 1.165) is 10.6 Å². The summed E-state index contributed by atoms with van der Waals surface area (Å²) in [6.45, 7) is 0.365. The van der Waals surface area contributed by atoms with Gasteiger partial charge in [0.25, 0.3) is 0 Å². The second-order valence-electron chi connectivity index (χ2n) is 4.47. The van der Waals surface area contributed by atoms with Crippen LogP contribution < -0.4 is 20.6 Å². The average molecular weight is 287 g/mol. The Morgan fingerprint density at radius 1 is 1.05 bits per heavy atom. The maximum Gasteiger partial charge on any atom is 0.240 e. The smallest absolute Gasteiger partial charge is 0.240 e. The first kappa shape index (κ1) is 12.8. The molecular weight excluding hydrogens is 274 g/mol. The Bertz CT molecular complexity index is 875. The van der Waals surface area contributed by atoms with Gasteiger partial charge in [0.2, 0.25) is 10.0 Å². The second kappa shape index (κ2) is 4.73. The molecule has 1 aliphatic rings. The third-order valence-corrected chi connectivity index (χ3v) is 4.06. The Morgan fingerprint density at radius 3 is 2.55 bits per heavy atom. The molecule has 2 aromatic rings. The first-order valence-corrected chi connectivity index (χ1v) is 7.60. The van der Waals surface area contributed by atoms with Crippen LogP contribution in [0.4, 0.5) is 5.69 Å². The highest BCUT2D eigenvalue weighted by Crippen LogP contribution is 2.24. The van der Waals surface area contributed by atoms with Crippen LogP contribution >= 0.6 is 0 Å². The second-order valence-corrected chi connectivity index (χ2v) is 6.00. The molecule has 0 saturated carbocycles. The van der Waals surface area contributed by atoms with Gasteiger partial charge in [0, 0.05) is 11.4 Å². The van der Waals surface area contributed by atoms with E-state index in [4.69, 9.17) is 5.14 Å². The Morgan fingerprint density at radius 2 is 1.75 bits per heavy atom. The summed E-state index contributed by atoms with van der Waals surface area (Å²) in [5.41, 5.74) is 0.535. The number of benzene rings is 2. The molecule has 20 heavy (non-hydrogen) atoms. The minimum atomic E-state index is -3.76. The van der Waals surface area contributed by atoms with E-state index >= 15 is 0 Å². The number of nitrogens with two attached hydrogens (primary N) is 1. The number of para-hydroxylation sites is 2. The topological polar surface area (TPSA) is 75.8 Å². The molecule has 1 aliphatic heterocycles. The van der Waals surface area contributed by atoms with E-state index in [-0.39, 0.29) is 4.90 Å². The zero-order valence-electron chi connectivity index (χ0n) is 10.6. The third-order valence-electron chi connectivity index (χ3n) is 3.11. The highest BCUT2D eigenvalue weighted by molar-refractivity contribution is 7.89. The van der Waals surface area contributed by atoms with Gasteiger partial charge < -0.3 is 4.90 Å². The first-order chi connectivity index (χ1) is 9.55. The molecule has 0 aromatic heterocycles. The average Bonchev–Trinajstić information content (AvgIpc) is 2.46. The van der Waals surface area contributed by atoms with E-state index in [1.54, 1.807) is 23.1 Å². The lowest BCUT2D eigenvalue weighted by molar-refractivity contribution is 0.597. The van der Waals surface area contributed by atoms with Crippen LogP contribution in [-0.2, 0) is 10.0 Å². The lowest BCUT2D eigenvalue weighted by Crippen LogP contribution is -2.36. The molecule has 2 aromatic carbocycles. The molecular formula is C14H13N3O2S. The molecule has 3 rings (SSSR count). The van der Waals surface area contributed by atoms with Gasteiger partial charge in [-0.15, -0.1) is 0 Å². The van der Waals surface area contributed by atoms with Gasteiger partial charge >= 0.3 is 0 Å². The Labute approximate surface area is 116 Å². The number of hydrogen-bond acceptors (Lipinski definition) is 4. The van der Waals surface area contributed by atoms with Gasteiger partial charge in [-0.3, -0.25) is 4.99 Å². The predicted molar refractivity (Wildman–Crippen MR) is 76.8 cm³/mol. The van der Waals surface area contributed by atoms with E-state index in [2.05, 4.69) is 4.99 Å². The monoisotopic (exact) mass is 287 g/mol. The molecule has 0 fully saturated rings. The highest BCUT2D eigenvalue weighted by Gasteiger charge is 2.17. The normalized spacial score (nSPS) is 14.2. The summed E-state index contributed by atoms with van der Waals surface area (Å²) in [5.74, 6) is 0. The van der Waals surface area contributed by atoms with Crippen LogP contribution in [-0.4, -0.2) is 15.1 Å². The van der Waals surface area contributed by atoms with E-state index in [1.165, 1.54) is 6.07 Å². The Balaban J connectivity index is 2.16. The van der Waals surface area contributed by atoms with E-state index < -0.39 is 10.0 Å². The van der Waals surface area contributed by atoms with Gasteiger partial charge in [0.15, 0.2) is 0 Å². The van der Waals surface area contributed by atoms with Crippen molar-refractivity contribution >= 4 is 21.9 Å². The molecule has 5 nitrogen and oxygen atoms in total. The van der Waals surface area contributed by atoms with Crippen molar-refractivity contribution in [1.29, 1.82) is 0 Å². The lowest BCUT2D eigenvalue weighted by atomic mass is 10.2. The molecule has 6 heteroatoms. The van der Waals surface area contributed by atoms with Gasteiger partial charge in [-0.2, -0.15) is 0 Å². The number of hydrogen-bond donors (Lipinski definition) is 1. The number of nitrogens with zero attached hydrogens (tertiary/aromatic N) is 2. The maximum atomic E-state index is 11.6. The molecule has 0 amide bonds. The van der Waals surface area contributed by atoms with Crippen molar-refractivity contribution in [3.8, 4) is 0 Å². The van der Waals surface area contributed by atoms with Gasteiger partial charge in [-0.05, 0) is 18.2 Å².